The molecule has 1 aliphatic rings. The van der Waals surface area contributed by atoms with Gasteiger partial charge < -0.3 is 4.74 Å². The Morgan fingerprint density at radius 2 is 1.37 bits per heavy atom. The molecule has 27 heavy (non-hydrogen) atoms. The van der Waals surface area contributed by atoms with E-state index in [4.69, 9.17) is 4.74 Å². The predicted molar refractivity (Wildman–Crippen MR) is 100 cm³/mol. The van der Waals surface area contributed by atoms with E-state index in [2.05, 4.69) is 0 Å². The summed E-state index contributed by atoms with van der Waals surface area (Å²) >= 11 is 0. The van der Waals surface area contributed by atoms with Gasteiger partial charge in [0.25, 0.3) is 0 Å². The van der Waals surface area contributed by atoms with Crippen molar-refractivity contribution < 1.29 is 19.1 Å². The fourth-order valence-corrected chi connectivity index (χ4v) is 3.22. The lowest BCUT2D eigenvalue weighted by atomic mass is 10.0. The molecule has 5 heteroatoms. The molecule has 5 nitrogen and oxygen atoms in total. The zero-order chi connectivity index (χ0) is 19.1. The lowest BCUT2D eigenvalue weighted by Crippen LogP contribution is -2.49. The van der Waals surface area contributed by atoms with Crippen LogP contribution in [0.5, 0.6) is 0 Å². The van der Waals surface area contributed by atoms with Gasteiger partial charge in [-0.3, -0.25) is 14.5 Å². The highest BCUT2D eigenvalue weighted by Gasteiger charge is 2.36. The molecule has 0 radical (unpaired) electrons. The monoisotopic (exact) mass is 365 g/mol. The third kappa shape index (κ3) is 5.03. The average Bonchev–Trinajstić information content (AvgIpc) is 2.86. The summed E-state index contributed by atoms with van der Waals surface area (Å²) in [6.45, 7) is 0.112. The van der Waals surface area contributed by atoms with Gasteiger partial charge in [0.05, 0.1) is 0 Å². The van der Waals surface area contributed by atoms with Crippen LogP contribution in [-0.2, 0) is 32.1 Å². The quantitative estimate of drug-likeness (QED) is 0.582. The fraction of sp³-hybridized carbons (Fsp3) is 0.318. The highest BCUT2D eigenvalue weighted by molar-refractivity contribution is 6.00. The third-order valence-electron chi connectivity index (χ3n) is 4.65. The normalized spacial score (nSPS) is 15.9. The van der Waals surface area contributed by atoms with Crippen LogP contribution in [0.25, 0.3) is 0 Å². The molecule has 2 aromatic carbocycles. The number of carbonyl (C=O) groups is 3. The van der Waals surface area contributed by atoms with E-state index in [1.165, 1.54) is 0 Å². The molecule has 2 aromatic rings. The molecule has 0 aromatic heterocycles. The molecule has 0 aliphatic carbocycles. The van der Waals surface area contributed by atoms with Gasteiger partial charge >= 0.3 is 5.97 Å². The van der Waals surface area contributed by atoms with Crippen molar-refractivity contribution in [3.05, 3.63) is 71.8 Å². The third-order valence-corrected chi connectivity index (χ3v) is 4.65. The lowest BCUT2D eigenvalue weighted by Gasteiger charge is -2.27. The van der Waals surface area contributed by atoms with Crippen LogP contribution in [0.15, 0.2) is 60.7 Å². The summed E-state index contributed by atoms with van der Waals surface area (Å²) < 4.78 is 5.47. The highest BCUT2D eigenvalue weighted by Crippen LogP contribution is 2.20. The number of hydrogen-bond donors (Lipinski definition) is 0. The number of imide groups is 1. The molecule has 0 N–H and O–H groups in total. The molecule has 0 spiro atoms. The summed E-state index contributed by atoms with van der Waals surface area (Å²) in [7, 11) is 0. The second kappa shape index (κ2) is 9.12. The van der Waals surface area contributed by atoms with E-state index in [-0.39, 0.29) is 37.7 Å². The van der Waals surface area contributed by atoms with Crippen LogP contribution >= 0.6 is 0 Å². The van der Waals surface area contributed by atoms with Crippen molar-refractivity contribution in [2.24, 2.45) is 0 Å². The minimum absolute atomic E-state index is 0.112. The van der Waals surface area contributed by atoms with Gasteiger partial charge in [-0.1, -0.05) is 60.7 Å². The average molecular weight is 365 g/mol. The van der Waals surface area contributed by atoms with Gasteiger partial charge in [-0.2, -0.15) is 0 Å². The van der Waals surface area contributed by atoms with Crippen molar-refractivity contribution in [3.8, 4) is 0 Å². The SMILES string of the molecule is O=C(OCc1ccccc1)[C@H](Cc1ccccc1)N1C(=O)CCCCC1=O. The molecular weight excluding hydrogens is 342 g/mol. The number of likely N-dealkylation sites (tertiary alicyclic amines) is 1. The summed E-state index contributed by atoms with van der Waals surface area (Å²) in [6.07, 6.45) is 2.15. The van der Waals surface area contributed by atoms with Gasteiger partial charge in [0, 0.05) is 19.3 Å². The Bertz CT molecular complexity index is 770. The van der Waals surface area contributed by atoms with Crippen LogP contribution in [0.2, 0.25) is 0 Å². The Kier molecular flexibility index (Phi) is 6.36. The van der Waals surface area contributed by atoms with Crippen LogP contribution in [0.3, 0.4) is 0 Å². The molecule has 1 heterocycles. The van der Waals surface area contributed by atoms with E-state index in [9.17, 15) is 14.4 Å². The van der Waals surface area contributed by atoms with Gasteiger partial charge in [-0.05, 0) is 24.0 Å². The van der Waals surface area contributed by atoms with Crippen molar-refractivity contribution in [2.45, 2.75) is 44.8 Å². The van der Waals surface area contributed by atoms with E-state index in [1.54, 1.807) is 0 Å². The first-order valence-corrected chi connectivity index (χ1v) is 9.24. The zero-order valence-electron chi connectivity index (χ0n) is 15.2. The number of esters is 1. The lowest BCUT2D eigenvalue weighted by molar-refractivity contribution is -0.161. The Morgan fingerprint density at radius 3 is 1.93 bits per heavy atom. The van der Waals surface area contributed by atoms with Crippen molar-refractivity contribution in [1.82, 2.24) is 4.90 Å². The summed E-state index contributed by atoms with van der Waals surface area (Å²) in [6, 6.07) is 17.8. The van der Waals surface area contributed by atoms with Gasteiger partial charge in [-0.15, -0.1) is 0 Å². The van der Waals surface area contributed by atoms with Crippen molar-refractivity contribution >= 4 is 17.8 Å². The Morgan fingerprint density at radius 1 is 0.852 bits per heavy atom. The summed E-state index contributed by atoms with van der Waals surface area (Å²) in [4.78, 5) is 39.1. The largest absolute Gasteiger partial charge is 0.459 e. The maximum absolute atomic E-state index is 12.9. The first-order chi connectivity index (χ1) is 13.1. The highest BCUT2D eigenvalue weighted by atomic mass is 16.5. The number of carbonyl (C=O) groups excluding carboxylic acids is 3. The second-order valence-electron chi connectivity index (χ2n) is 6.66. The van der Waals surface area contributed by atoms with Crippen LogP contribution < -0.4 is 0 Å². The molecule has 1 saturated heterocycles. The molecule has 3 rings (SSSR count). The van der Waals surface area contributed by atoms with Gasteiger partial charge in [0.1, 0.15) is 12.6 Å². The van der Waals surface area contributed by atoms with Crippen molar-refractivity contribution in [2.75, 3.05) is 0 Å². The number of rotatable bonds is 6. The van der Waals surface area contributed by atoms with Gasteiger partial charge in [0.2, 0.25) is 11.8 Å². The molecular formula is C22H23NO4. The van der Waals surface area contributed by atoms with E-state index in [0.717, 1.165) is 16.0 Å². The standard InChI is InChI=1S/C22H23NO4/c24-20-13-7-8-14-21(25)23(20)19(15-17-9-3-1-4-10-17)22(26)27-16-18-11-5-2-6-12-18/h1-6,9-12,19H,7-8,13-16H2/t19-/m0/s1. The first-order valence-electron chi connectivity index (χ1n) is 9.24. The summed E-state index contributed by atoms with van der Waals surface area (Å²) in [5.74, 6) is -1.14. The molecule has 1 atom stereocenters. The van der Waals surface area contributed by atoms with Crippen molar-refractivity contribution in [1.29, 1.82) is 0 Å². The van der Waals surface area contributed by atoms with Crippen molar-refractivity contribution in [3.63, 3.8) is 0 Å². The van der Waals surface area contributed by atoms with E-state index < -0.39 is 12.0 Å². The molecule has 0 unspecified atom stereocenters. The number of amides is 2. The van der Waals surface area contributed by atoms with Crippen LogP contribution in [0, 0.1) is 0 Å². The van der Waals surface area contributed by atoms with Gasteiger partial charge in [-0.25, -0.2) is 4.79 Å². The molecule has 0 saturated carbocycles. The maximum atomic E-state index is 12.9. The summed E-state index contributed by atoms with van der Waals surface area (Å²) in [5.41, 5.74) is 1.74. The molecule has 0 bridgehead atoms. The fourth-order valence-electron chi connectivity index (χ4n) is 3.22. The Balaban J connectivity index is 1.80. The molecule has 2 amide bonds. The Labute approximate surface area is 158 Å². The predicted octanol–water partition coefficient (Wildman–Crippen LogP) is 3.27. The molecule has 1 aliphatic heterocycles. The minimum Gasteiger partial charge on any atom is -0.459 e. The van der Waals surface area contributed by atoms with Crippen LogP contribution in [0.4, 0.5) is 0 Å². The molecule has 140 valence electrons. The second-order valence-corrected chi connectivity index (χ2v) is 6.66. The summed E-state index contributed by atoms with van der Waals surface area (Å²) in [5, 5.41) is 0. The zero-order valence-corrected chi connectivity index (χ0v) is 15.2. The van der Waals surface area contributed by atoms with Gasteiger partial charge in [0.15, 0.2) is 0 Å². The number of ether oxygens (including phenoxy) is 1. The van der Waals surface area contributed by atoms with Crippen LogP contribution in [0.1, 0.15) is 36.8 Å². The molecule has 1 fully saturated rings. The van der Waals surface area contributed by atoms with E-state index in [1.807, 2.05) is 60.7 Å². The maximum Gasteiger partial charge on any atom is 0.330 e. The van der Waals surface area contributed by atoms with Crippen LogP contribution in [-0.4, -0.2) is 28.7 Å². The first kappa shape index (κ1) is 18.8. The topological polar surface area (TPSA) is 63.7 Å². The minimum atomic E-state index is -0.936. The smallest absolute Gasteiger partial charge is 0.330 e. The van der Waals surface area contributed by atoms with E-state index in [0.29, 0.717) is 12.8 Å². The van der Waals surface area contributed by atoms with E-state index >= 15 is 0 Å². The number of benzene rings is 2. The number of hydrogen-bond acceptors (Lipinski definition) is 4. The number of nitrogens with zero attached hydrogens (tertiary/aromatic N) is 1. The Hall–Kier alpha value is -2.95.